The summed E-state index contributed by atoms with van der Waals surface area (Å²) in [6.45, 7) is 25.1. The first kappa shape index (κ1) is 120. The van der Waals surface area contributed by atoms with E-state index in [2.05, 4.69) is 27.7 Å². The third-order valence-corrected chi connectivity index (χ3v) is 26.0. The van der Waals surface area contributed by atoms with Crippen molar-refractivity contribution in [1.29, 1.82) is 0 Å². The van der Waals surface area contributed by atoms with Gasteiger partial charge < -0.3 is 56.8 Å². The number of alkyl halides is 4. The third kappa shape index (κ3) is 40.1. The summed E-state index contributed by atoms with van der Waals surface area (Å²) in [6, 6.07) is 72.1. The first-order chi connectivity index (χ1) is 72.1. The highest BCUT2D eigenvalue weighted by molar-refractivity contribution is 6.31. The van der Waals surface area contributed by atoms with Gasteiger partial charge >= 0.3 is 47.8 Å². The molecule has 0 N–H and O–H groups in total. The summed E-state index contributed by atoms with van der Waals surface area (Å²) in [5.74, 6) is -3.62. The molecule has 12 aromatic carbocycles. The molecule has 0 aliphatic heterocycles. The van der Waals surface area contributed by atoms with Gasteiger partial charge in [0.05, 0.1) is 48.7 Å². The number of benzene rings is 12. The molecule has 0 spiro atoms. The number of rotatable bonds is 50. The molecule has 12 rings (SSSR count). The standard InChI is InChI=1S/C32H36ClFO5.C31H34ClFO5.C30H32ClFO5.C29H30ClFO5/c1-4-5-6-7-8-9-20-37-29-19-14-25(21-28(29)34)31(35)38-26-15-10-23(11-16-26)24-12-17-27(18-13-24)39-32(36)30(33)22(2)3;1-4-5-6-7-8-19-36-28-18-13-24(20-27(28)33)30(34)37-25-14-9-22(10-15-25)23-11-16-26(17-12-23)38-31(35)29(32)21(2)3;1-4-5-6-7-18-35-27-17-12-23(19-26(27)32)29(33)36-24-13-8-21(9-14-24)22-10-15-25(16-11-22)37-30(34)28(31)20(2)3;1-4-5-6-17-34-26-16-11-22(18-25(26)31)28(32)35-23-12-7-20(8-13-23)21-9-14-24(15-10-21)36-29(33)27(30)19(2)3/h10-19,21-22,30H,4-9,20H2,1-3H3;9-18,20-21,29H,4-8,19H2,1-3H3;8-17,19-20,28H,4-7,18H2,1-3H3;7-16,18-19,27H,4-6,17H2,1-3H3. The van der Waals surface area contributed by atoms with Gasteiger partial charge in [-0.2, -0.15) is 0 Å². The Hall–Kier alpha value is -13.5. The van der Waals surface area contributed by atoms with E-state index in [4.69, 9.17) is 103 Å². The minimum atomic E-state index is -0.711. The van der Waals surface area contributed by atoms with Crippen LogP contribution in [0.4, 0.5) is 17.6 Å². The normalized spacial score (nSPS) is 11.7. The van der Waals surface area contributed by atoms with Crippen molar-refractivity contribution < 1.29 is 113 Å². The second kappa shape index (κ2) is 63.5. The first-order valence-corrected chi connectivity index (χ1v) is 52.7. The molecule has 4 atom stereocenters. The zero-order valence-corrected chi connectivity index (χ0v) is 89.8. The van der Waals surface area contributed by atoms with Gasteiger partial charge in [-0.3, -0.25) is 19.2 Å². The average molecular weight is 2140 g/mol. The van der Waals surface area contributed by atoms with E-state index in [1.54, 1.807) is 146 Å². The summed E-state index contributed by atoms with van der Waals surface area (Å²) in [4.78, 5) is 98.2. The van der Waals surface area contributed by atoms with Gasteiger partial charge in [0.1, 0.15) is 67.5 Å². The molecule has 0 heterocycles. The summed E-state index contributed by atoms with van der Waals surface area (Å²) in [6.07, 6.45) is 19.2. The maximum atomic E-state index is 14.5. The Kier molecular flexibility index (Phi) is 50.8. The Balaban J connectivity index is 0.000000222. The van der Waals surface area contributed by atoms with Gasteiger partial charge in [-0.05, 0) is 264 Å². The zero-order chi connectivity index (χ0) is 109. The fourth-order valence-corrected chi connectivity index (χ4v) is 14.5. The van der Waals surface area contributed by atoms with Gasteiger partial charge in [0, 0.05) is 0 Å². The van der Waals surface area contributed by atoms with Crippen LogP contribution in [0.2, 0.25) is 0 Å². The van der Waals surface area contributed by atoms with Crippen molar-refractivity contribution in [2.75, 3.05) is 26.4 Å². The van der Waals surface area contributed by atoms with Crippen LogP contribution in [0.1, 0.15) is 240 Å². The highest BCUT2D eigenvalue weighted by atomic mass is 35.5. The van der Waals surface area contributed by atoms with Crippen LogP contribution in [0.15, 0.2) is 267 Å². The van der Waals surface area contributed by atoms with Crippen LogP contribution in [0.3, 0.4) is 0 Å². The number of ether oxygens (including phenoxy) is 12. The second-order valence-corrected chi connectivity index (χ2v) is 38.8. The van der Waals surface area contributed by atoms with Crippen molar-refractivity contribution >= 4 is 94.2 Å². The van der Waals surface area contributed by atoms with E-state index in [0.717, 1.165) is 152 Å². The summed E-state index contributed by atoms with van der Waals surface area (Å²) in [5, 5.41) is -2.84. The molecule has 20 nitrogen and oxygen atoms in total. The van der Waals surface area contributed by atoms with Gasteiger partial charge in [-0.25, -0.2) is 36.7 Å². The molecule has 4 unspecified atom stereocenters. The van der Waals surface area contributed by atoms with Crippen molar-refractivity contribution in [2.24, 2.45) is 23.7 Å². The molecule has 0 amide bonds. The molecule has 0 aliphatic rings. The largest absolute Gasteiger partial charge is 0.491 e. The van der Waals surface area contributed by atoms with Gasteiger partial charge in [-0.15, -0.1) is 46.4 Å². The molecule has 0 saturated carbocycles. The van der Waals surface area contributed by atoms with Crippen molar-refractivity contribution in [1.82, 2.24) is 0 Å². The lowest BCUT2D eigenvalue weighted by molar-refractivity contribution is -0.135. The number of unbranched alkanes of at least 4 members (excludes halogenated alkanes) is 14. The van der Waals surface area contributed by atoms with Gasteiger partial charge in [-0.1, -0.05) is 270 Å². The fraction of sp³-hybridized carbons (Fsp3) is 0.344. The highest BCUT2D eigenvalue weighted by Gasteiger charge is 2.28. The Morgan fingerprint density at radius 1 is 0.207 bits per heavy atom. The van der Waals surface area contributed by atoms with E-state index in [9.17, 15) is 55.9 Å². The maximum absolute atomic E-state index is 14.5. The topological polar surface area (TPSA) is 247 Å². The molecular weight excluding hydrogens is 2000 g/mol. The van der Waals surface area contributed by atoms with E-state index in [0.29, 0.717) is 72.4 Å². The smallest absolute Gasteiger partial charge is 0.343 e. The number of carbonyl (C=O) groups excluding carboxylic acids is 8. The number of hydrogen-bond donors (Lipinski definition) is 0. The molecule has 150 heavy (non-hydrogen) atoms. The van der Waals surface area contributed by atoms with Gasteiger partial charge in [0.25, 0.3) is 0 Å². The summed E-state index contributed by atoms with van der Waals surface area (Å²) in [5.41, 5.74) is 7.45. The molecule has 28 heteroatoms. The monoisotopic (exact) mass is 2130 g/mol. The number of esters is 8. The van der Waals surface area contributed by atoms with Crippen LogP contribution in [0.25, 0.3) is 44.5 Å². The summed E-state index contributed by atoms with van der Waals surface area (Å²) >= 11 is 24.2. The molecule has 796 valence electrons. The molecule has 0 aliphatic carbocycles. The Labute approximate surface area is 897 Å². The maximum Gasteiger partial charge on any atom is 0.343 e. The minimum absolute atomic E-state index is 0.0289. The SMILES string of the molecule is CCCCCCCCOc1ccc(C(=O)Oc2ccc(-c3ccc(OC(=O)C(Cl)C(C)C)cc3)cc2)cc1F.CCCCCCCOc1ccc(C(=O)Oc2ccc(-c3ccc(OC(=O)C(Cl)C(C)C)cc3)cc2)cc1F.CCCCCCOc1ccc(C(=O)Oc2ccc(-c3ccc(OC(=O)C(Cl)C(C)C)cc3)cc2)cc1F.CCCCCOc1ccc(C(=O)Oc2ccc(-c3ccc(OC(=O)C(Cl)C(C)C)cc3)cc2)cc1F. The fourth-order valence-electron chi connectivity index (χ4n) is 14.3. The highest BCUT2D eigenvalue weighted by Crippen LogP contribution is 2.35. The summed E-state index contributed by atoms with van der Waals surface area (Å²) in [7, 11) is 0. The summed E-state index contributed by atoms with van der Waals surface area (Å²) < 4.78 is 122. The van der Waals surface area contributed by atoms with E-state index in [1.165, 1.54) is 80.6 Å². The Morgan fingerprint density at radius 3 is 0.520 bits per heavy atom. The lowest BCUT2D eigenvalue weighted by Crippen LogP contribution is -2.25. The lowest BCUT2D eigenvalue weighted by atomic mass is 10.1. The molecule has 12 aromatic rings. The molecule has 0 aromatic heterocycles. The predicted molar refractivity (Wildman–Crippen MR) is 581 cm³/mol. The van der Waals surface area contributed by atoms with Crippen LogP contribution in [-0.2, 0) is 19.2 Å². The predicted octanol–water partition coefficient (Wildman–Crippen LogP) is 32.1. The Bertz CT molecular complexity index is 6250. The number of halogens is 8. The van der Waals surface area contributed by atoms with Gasteiger partial charge in [0.15, 0.2) is 46.3 Å². The second-order valence-electron chi connectivity index (χ2n) is 36.9. The van der Waals surface area contributed by atoms with E-state index in [-0.39, 0.29) is 68.9 Å². The van der Waals surface area contributed by atoms with Crippen LogP contribution >= 0.6 is 46.4 Å². The van der Waals surface area contributed by atoms with Crippen LogP contribution in [0, 0.1) is 46.9 Å². The molecule has 0 fully saturated rings. The number of hydrogen-bond acceptors (Lipinski definition) is 20. The van der Waals surface area contributed by atoms with Crippen LogP contribution < -0.4 is 56.8 Å². The Morgan fingerprint density at radius 2 is 0.353 bits per heavy atom. The quantitative estimate of drug-likeness (QED) is 0.0113. The first-order valence-electron chi connectivity index (χ1n) is 51.0. The van der Waals surface area contributed by atoms with Crippen molar-refractivity contribution in [2.45, 2.75) is 220 Å². The van der Waals surface area contributed by atoms with E-state index < -0.39 is 92.5 Å². The number of carbonyl (C=O) groups is 8. The molecule has 0 saturated heterocycles. The van der Waals surface area contributed by atoms with Crippen molar-refractivity contribution in [3.63, 3.8) is 0 Å². The molecular formula is C122H132Cl4F4O20. The van der Waals surface area contributed by atoms with Crippen LogP contribution in [0.5, 0.6) is 69.0 Å². The third-order valence-electron chi connectivity index (χ3n) is 23.3. The lowest BCUT2D eigenvalue weighted by Gasteiger charge is -2.12. The van der Waals surface area contributed by atoms with E-state index in [1.807, 2.05) is 104 Å². The van der Waals surface area contributed by atoms with Gasteiger partial charge in [0.2, 0.25) is 0 Å². The van der Waals surface area contributed by atoms with Crippen LogP contribution in [-0.4, -0.2) is 95.7 Å². The van der Waals surface area contributed by atoms with E-state index >= 15 is 0 Å². The van der Waals surface area contributed by atoms with Crippen molar-refractivity contribution in [3.8, 4) is 114 Å². The average Bonchev–Trinajstić information content (AvgIpc) is 0.838. The van der Waals surface area contributed by atoms with Crippen molar-refractivity contribution in [3.05, 3.63) is 312 Å². The zero-order valence-electron chi connectivity index (χ0n) is 86.8. The minimum Gasteiger partial charge on any atom is -0.491 e. The molecule has 0 bridgehead atoms. The molecule has 0 radical (unpaired) electrons.